The van der Waals surface area contributed by atoms with Gasteiger partial charge in [0.2, 0.25) is 5.91 Å². The standard InChI is InChI=1S/C12H17N3O3/c1-4-9(13)12(16)14-10-5-8(3)11(15(17)18)6-7(10)2/h5-6,9H,4,13H2,1-3H3,(H,14,16)/t9-/m0/s1. The van der Waals surface area contributed by atoms with Crippen molar-refractivity contribution < 1.29 is 9.72 Å². The average Bonchev–Trinajstić information content (AvgIpc) is 2.31. The number of amides is 1. The SMILES string of the molecule is CC[C@H](N)C(=O)Nc1cc(C)c([N+](=O)[O-])cc1C. The minimum Gasteiger partial charge on any atom is -0.324 e. The Balaban J connectivity index is 3.02. The van der Waals surface area contributed by atoms with Crippen LogP contribution in [-0.2, 0) is 4.79 Å². The van der Waals surface area contributed by atoms with E-state index in [0.717, 1.165) is 0 Å². The fourth-order valence-electron chi connectivity index (χ4n) is 1.54. The molecule has 0 aliphatic rings. The molecule has 0 aliphatic carbocycles. The van der Waals surface area contributed by atoms with Crippen molar-refractivity contribution >= 4 is 17.3 Å². The lowest BCUT2D eigenvalue weighted by molar-refractivity contribution is -0.385. The molecule has 1 aromatic carbocycles. The molecule has 18 heavy (non-hydrogen) atoms. The largest absolute Gasteiger partial charge is 0.324 e. The summed E-state index contributed by atoms with van der Waals surface area (Å²) in [6, 6.07) is 2.47. The number of nitro benzene ring substituents is 1. The summed E-state index contributed by atoms with van der Waals surface area (Å²) in [5, 5.41) is 13.4. The van der Waals surface area contributed by atoms with Crippen molar-refractivity contribution in [3.63, 3.8) is 0 Å². The van der Waals surface area contributed by atoms with Gasteiger partial charge in [0.1, 0.15) is 0 Å². The molecule has 3 N–H and O–H groups in total. The van der Waals surface area contributed by atoms with E-state index in [4.69, 9.17) is 5.73 Å². The number of rotatable bonds is 4. The van der Waals surface area contributed by atoms with Crippen LogP contribution in [0.1, 0.15) is 24.5 Å². The predicted molar refractivity (Wildman–Crippen MR) is 69.5 cm³/mol. The van der Waals surface area contributed by atoms with E-state index in [2.05, 4.69) is 5.32 Å². The number of nitro groups is 1. The van der Waals surface area contributed by atoms with E-state index in [-0.39, 0.29) is 11.6 Å². The molecule has 1 aromatic rings. The number of hydrogen-bond donors (Lipinski definition) is 2. The Morgan fingerprint density at radius 2 is 2.06 bits per heavy atom. The summed E-state index contributed by atoms with van der Waals surface area (Å²) in [7, 11) is 0. The maximum absolute atomic E-state index is 11.7. The summed E-state index contributed by atoms with van der Waals surface area (Å²) in [4.78, 5) is 22.0. The second-order valence-electron chi connectivity index (χ2n) is 4.21. The Morgan fingerprint density at radius 3 is 2.56 bits per heavy atom. The van der Waals surface area contributed by atoms with Crippen molar-refractivity contribution in [2.45, 2.75) is 33.2 Å². The predicted octanol–water partition coefficient (Wildman–Crippen LogP) is 1.89. The van der Waals surface area contributed by atoms with Gasteiger partial charge < -0.3 is 11.1 Å². The Morgan fingerprint density at radius 1 is 1.44 bits per heavy atom. The van der Waals surface area contributed by atoms with Gasteiger partial charge in [0.25, 0.3) is 5.69 Å². The maximum Gasteiger partial charge on any atom is 0.272 e. The van der Waals surface area contributed by atoms with Gasteiger partial charge in [0, 0.05) is 17.3 Å². The molecule has 0 radical (unpaired) electrons. The van der Waals surface area contributed by atoms with Crippen molar-refractivity contribution in [2.24, 2.45) is 5.73 Å². The van der Waals surface area contributed by atoms with Gasteiger partial charge in [-0.1, -0.05) is 6.92 Å². The zero-order chi connectivity index (χ0) is 13.9. The molecular weight excluding hydrogens is 234 g/mol. The smallest absolute Gasteiger partial charge is 0.272 e. The molecule has 0 aliphatic heterocycles. The molecule has 6 nitrogen and oxygen atoms in total. The van der Waals surface area contributed by atoms with Gasteiger partial charge in [0.15, 0.2) is 0 Å². The van der Waals surface area contributed by atoms with Gasteiger partial charge in [-0.3, -0.25) is 14.9 Å². The Hall–Kier alpha value is -1.95. The molecule has 0 bridgehead atoms. The van der Waals surface area contributed by atoms with E-state index in [1.807, 2.05) is 6.92 Å². The van der Waals surface area contributed by atoms with Crippen LogP contribution < -0.4 is 11.1 Å². The molecule has 0 saturated carbocycles. The first-order valence-electron chi connectivity index (χ1n) is 5.68. The normalized spacial score (nSPS) is 12.0. The van der Waals surface area contributed by atoms with Gasteiger partial charge in [-0.25, -0.2) is 0 Å². The highest BCUT2D eigenvalue weighted by Gasteiger charge is 2.16. The van der Waals surface area contributed by atoms with Crippen LogP contribution in [-0.4, -0.2) is 16.9 Å². The minimum absolute atomic E-state index is 0.0466. The number of nitrogens with two attached hydrogens (primary N) is 1. The Kier molecular flexibility index (Phi) is 4.38. The van der Waals surface area contributed by atoms with Crippen molar-refractivity contribution in [3.8, 4) is 0 Å². The molecule has 0 spiro atoms. The Labute approximate surface area is 105 Å². The maximum atomic E-state index is 11.7. The summed E-state index contributed by atoms with van der Waals surface area (Å²) < 4.78 is 0. The van der Waals surface area contributed by atoms with Gasteiger partial charge in [-0.15, -0.1) is 0 Å². The van der Waals surface area contributed by atoms with Crippen LogP contribution in [0.4, 0.5) is 11.4 Å². The van der Waals surface area contributed by atoms with Crippen molar-refractivity contribution in [1.82, 2.24) is 0 Å². The van der Waals surface area contributed by atoms with Crippen molar-refractivity contribution in [2.75, 3.05) is 5.32 Å². The van der Waals surface area contributed by atoms with Gasteiger partial charge >= 0.3 is 0 Å². The zero-order valence-corrected chi connectivity index (χ0v) is 10.7. The van der Waals surface area contributed by atoms with E-state index >= 15 is 0 Å². The number of hydrogen-bond acceptors (Lipinski definition) is 4. The minimum atomic E-state index is -0.570. The first kappa shape index (κ1) is 14.1. The quantitative estimate of drug-likeness (QED) is 0.630. The summed E-state index contributed by atoms with van der Waals surface area (Å²) in [6.07, 6.45) is 0.539. The molecular formula is C12H17N3O3. The first-order valence-corrected chi connectivity index (χ1v) is 5.68. The van der Waals surface area contributed by atoms with Crippen LogP contribution in [0.3, 0.4) is 0 Å². The van der Waals surface area contributed by atoms with Crippen molar-refractivity contribution in [1.29, 1.82) is 0 Å². The number of aryl methyl sites for hydroxylation is 2. The fraction of sp³-hybridized carbons (Fsp3) is 0.417. The van der Waals surface area contributed by atoms with Crippen LogP contribution in [0, 0.1) is 24.0 Å². The zero-order valence-electron chi connectivity index (χ0n) is 10.7. The van der Waals surface area contributed by atoms with Crippen molar-refractivity contribution in [3.05, 3.63) is 33.4 Å². The average molecular weight is 251 g/mol. The van der Waals surface area contributed by atoms with Crippen LogP contribution in [0.25, 0.3) is 0 Å². The summed E-state index contributed by atoms with van der Waals surface area (Å²) in [6.45, 7) is 5.16. The number of nitrogens with one attached hydrogen (secondary N) is 1. The van der Waals surface area contributed by atoms with E-state index in [9.17, 15) is 14.9 Å². The summed E-state index contributed by atoms with van der Waals surface area (Å²) in [5.41, 5.74) is 7.37. The van der Waals surface area contributed by atoms with Gasteiger partial charge in [-0.2, -0.15) is 0 Å². The highest BCUT2D eigenvalue weighted by Crippen LogP contribution is 2.25. The van der Waals surface area contributed by atoms with Crippen LogP contribution in [0.2, 0.25) is 0 Å². The number of carbonyl (C=O) groups is 1. The van der Waals surface area contributed by atoms with Crippen LogP contribution >= 0.6 is 0 Å². The first-order chi connectivity index (χ1) is 8.36. The molecule has 1 rings (SSSR count). The second kappa shape index (κ2) is 5.59. The van der Waals surface area contributed by atoms with Gasteiger partial charge in [0.05, 0.1) is 11.0 Å². The van der Waals surface area contributed by atoms with E-state index < -0.39 is 11.0 Å². The lowest BCUT2D eigenvalue weighted by atomic mass is 10.1. The number of benzene rings is 1. The molecule has 98 valence electrons. The lowest BCUT2D eigenvalue weighted by Gasteiger charge is -2.12. The lowest BCUT2D eigenvalue weighted by Crippen LogP contribution is -2.35. The molecule has 1 atom stereocenters. The fourth-order valence-corrected chi connectivity index (χ4v) is 1.54. The number of anilines is 1. The molecule has 0 saturated heterocycles. The highest BCUT2D eigenvalue weighted by atomic mass is 16.6. The number of carbonyl (C=O) groups excluding carboxylic acids is 1. The summed E-state index contributed by atoms with van der Waals surface area (Å²) in [5.74, 6) is -0.283. The molecule has 6 heteroatoms. The van der Waals surface area contributed by atoms with Gasteiger partial charge in [-0.05, 0) is 31.9 Å². The molecule has 1 amide bonds. The summed E-state index contributed by atoms with van der Waals surface area (Å²) >= 11 is 0. The monoisotopic (exact) mass is 251 g/mol. The molecule has 0 fully saturated rings. The third-order valence-electron chi connectivity index (χ3n) is 2.77. The third-order valence-corrected chi connectivity index (χ3v) is 2.77. The molecule has 0 aromatic heterocycles. The van der Waals surface area contributed by atoms with E-state index in [0.29, 0.717) is 23.2 Å². The second-order valence-corrected chi connectivity index (χ2v) is 4.21. The Bertz CT molecular complexity index is 486. The van der Waals surface area contributed by atoms with E-state index in [1.54, 1.807) is 19.9 Å². The topological polar surface area (TPSA) is 98.3 Å². The van der Waals surface area contributed by atoms with E-state index in [1.165, 1.54) is 6.07 Å². The molecule has 0 heterocycles. The van der Waals surface area contributed by atoms with Crippen LogP contribution in [0.15, 0.2) is 12.1 Å². The highest BCUT2D eigenvalue weighted by molar-refractivity contribution is 5.95. The third kappa shape index (κ3) is 3.04. The number of nitrogens with zero attached hydrogens (tertiary/aromatic N) is 1. The molecule has 0 unspecified atom stereocenters. The van der Waals surface area contributed by atoms with Crippen LogP contribution in [0.5, 0.6) is 0 Å².